The van der Waals surface area contributed by atoms with E-state index in [0.717, 1.165) is 44.0 Å². The van der Waals surface area contributed by atoms with Crippen LogP contribution in [0.3, 0.4) is 0 Å². The van der Waals surface area contributed by atoms with Crippen LogP contribution in [0.4, 0.5) is 5.13 Å². The highest BCUT2D eigenvalue weighted by molar-refractivity contribution is 9.10. The Bertz CT molecular complexity index is 1150. The van der Waals surface area contributed by atoms with Gasteiger partial charge in [0.1, 0.15) is 0 Å². The molecule has 1 amide bonds. The molecule has 0 spiro atoms. The number of aromatic nitrogens is 2. The number of rotatable bonds is 2. The fourth-order valence-electron chi connectivity index (χ4n) is 3.29. The quantitative estimate of drug-likeness (QED) is 0.439. The van der Waals surface area contributed by atoms with E-state index < -0.39 is 0 Å². The molecule has 5 rings (SSSR count). The van der Waals surface area contributed by atoms with Crippen molar-refractivity contribution in [3.63, 3.8) is 0 Å². The molecule has 0 unspecified atom stereocenters. The monoisotopic (exact) mass is 458 g/mol. The van der Waals surface area contributed by atoms with E-state index in [4.69, 9.17) is 4.98 Å². The first kappa shape index (κ1) is 17.1. The van der Waals surface area contributed by atoms with Crippen LogP contribution >= 0.6 is 38.6 Å². The van der Waals surface area contributed by atoms with Crippen LogP contribution in [0.1, 0.15) is 10.4 Å². The smallest absolute Gasteiger partial charge is 0.254 e. The molecule has 2 aromatic heterocycles. The van der Waals surface area contributed by atoms with Crippen LogP contribution in [0.2, 0.25) is 0 Å². The molecule has 1 aliphatic heterocycles. The van der Waals surface area contributed by atoms with Gasteiger partial charge in [0.05, 0.1) is 25.9 Å². The van der Waals surface area contributed by atoms with Gasteiger partial charge in [0, 0.05) is 36.2 Å². The van der Waals surface area contributed by atoms with Gasteiger partial charge in [-0.25, -0.2) is 9.97 Å². The van der Waals surface area contributed by atoms with E-state index in [-0.39, 0.29) is 5.91 Å². The summed E-state index contributed by atoms with van der Waals surface area (Å²) in [6.07, 6.45) is 0. The Morgan fingerprint density at radius 2 is 1.81 bits per heavy atom. The van der Waals surface area contributed by atoms with E-state index in [9.17, 15) is 4.79 Å². The van der Waals surface area contributed by atoms with Crippen LogP contribution in [0.15, 0.2) is 46.4 Å². The molecular formula is C19H15BrN4OS2. The van der Waals surface area contributed by atoms with E-state index in [1.807, 2.05) is 40.7 Å². The van der Waals surface area contributed by atoms with Crippen LogP contribution in [-0.4, -0.2) is 47.0 Å². The molecule has 0 atom stereocenters. The largest absolute Gasteiger partial charge is 0.345 e. The van der Waals surface area contributed by atoms with E-state index in [2.05, 4.69) is 31.9 Å². The summed E-state index contributed by atoms with van der Waals surface area (Å²) < 4.78 is 3.30. The second-order valence-electron chi connectivity index (χ2n) is 6.42. The van der Waals surface area contributed by atoms with Gasteiger partial charge < -0.3 is 9.80 Å². The Morgan fingerprint density at radius 1 is 1.00 bits per heavy atom. The molecule has 0 aliphatic carbocycles. The Morgan fingerprint density at radius 3 is 2.67 bits per heavy atom. The number of amides is 1. The molecule has 1 aliphatic rings. The van der Waals surface area contributed by atoms with Crippen molar-refractivity contribution in [2.24, 2.45) is 0 Å². The summed E-state index contributed by atoms with van der Waals surface area (Å²) in [5.74, 6) is 0.0955. The molecule has 0 radical (unpaired) electrons. The van der Waals surface area contributed by atoms with Gasteiger partial charge in [-0.15, -0.1) is 11.3 Å². The van der Waals surface area contributed by atoms with Crippen LogP contribution in [-0.2, 0) is 0 Å². The lowest BCUT2D eigenvalue weighted by molar-refractivity contribution is 0.0747. The standard InChI is InChI=1S/C19H15BrN4OS2/c20-13-2-4-15-17(10-13)27-19(22-15)24-7-5-23(6-8-24)18(25)12-1-3-14-16(9-12)26-11-21-14/h1-4,9-11H,5-8H2. The number of fused-ring (bicyclic) bond motifs is 2. The Kier molecular flexibility index (Phi) is 4.34. The topological polar surface area (TPSA) is 49.3 Å². The molecule has 1 fully saturated rings. The number of benzene rings is 2. The zero-order valence-corrected chi connectivity index (χ0v) is 17.5. The van der Waals surface area contributed by atoms with Crippen molar-refractivity contribution in [1.82, 2.24) is 14.9 Å². The summed E-state index contributed by atoms with van der Waals surface area (Å²) in [5.41, 5.74) is 4.53. The number of halogens is 1. The zero-order valence-electron chi connectivity index (χ0n) is 14.3. The van der Waals surface area contributed by atoms with E-state index in [0.29, 0.717) is 13.1 Å². The summed E-state index contributed by atoms with van der Waals surface area (Å²) in [6, 6.07) is 11.9. The zero-order chi connectivity index (χ0) is 18.4. The third-order valence-electron chi connectivity index (χ3n) is 4.75. The van der Waals surface area contributed by atoms with Gasteiger partial charge in [-0.05, 0) is 36.4 Å². The lowest BCUT2D eigenvalue weighted by atomic mass is 10.1. The van der Waals surface area contributed by atoms with E-state index in [1.54, 1.807) is 22.7 Å². The minimum atomic E-state index is 0.0955. The van der Waals surface area contributed by atoms with Crippen molar-refractivity contribution in [1.29, 1.82) is 0 Å². The maximum atomic E-state index is 12.9. The van der Waals surface area contributed by atoms with E-state index >= 15 is 0 Å². The molecule has 2 aromatic carbocycles. The Balaban J connectivity index is 1.30. The lowest BCUT2D eigenvalue weighted by Gasteiger charge is -2.34. The number of anilines is 1. The molecule has 5 nitrogen and oxygen atoms in total. The fourth-order valence-corrected chi connectivity index (χ4v) is 5.58. The molecule has 0 bridgehead atoms. The van der Waals surface area contributed by atoms with Crippen molar-refractivity contribution < 1.29 is 4.79 Å². The second-order valence-corrected chi connectivity index (χ2v) is 9.23. The SMILES string of the molecule is O=C(c1ccc2ncsc2c1)N1CCN(c2nc3ccc(Br)cc3s2)CC1. The minimum Gasteiger partial charge on any atom is -0.345 e. The summed E-state index contributed by atoms with van der Waals surface area (Å²) in [4.78, 5) is 26.1. The van der Waals surface area contributed by atoms with Crippen molar-refractivity contribution >= 4 is 70.1 Å². The normalized spacial score (nSPS) is 15.0. The summed E-state index contributed by atoms with van der Waals surface area (Å²) >= 11 is 6.78. The van der Waals surface area contributed by atoms with Crippen LogP contribution in [0, 0.1) is 0 Å². The maximum Gasteiger partial charge on any atom is 0.254 e. The number of hydrogen-bond acceptors (Lipinski definition) is 6. The Hall–Kier alpha value is -2.03. The number of carbonyl (C=O) groups excluding carboxylic acids is 1. The van der Waals surface area contributed by atoms with Crippen molar-refractivity contribution in [3.05, 3.63) is 51.9 Å². The molecule has 27 heavy (non-hydrogen) atoms. The number of piperazine rings is 1. The van der Waals surface area contributed by atoms with Gasteiger partial charge in [0.15, 0.2) is 5.13 Å². The average Bonchev–Trinajstić information content (AvgIpc) is 3.33. The lowest BCUT2D eigenvalue weighted by Crippen LogP contribution is -2.48. The van der Waals surface area contributed by atoms with E-state index in [1.165, 1.54) is 4.70 Å². The third kappa shape index (κ3) is 3.22. The third-order valence-corrected chi connectivity index (χ3v) is 7.12. The van der Waals surface area contributed by atoms with Crippen molar-refractivity contribution in [3.8, 4) is 0 Å². The van der Waals surface area contributed by atoms with Crippen molar-refractivity contribution in [2.75, 3.05) is 31.1 Å². The van der Waals surface area contributed by atoms with Crippen LogP contribution in [0.25, 0.3) is 20.4 Å². The summed E-state index contributed by atoms with van der Waals surface area (Å²) in [6.45, 7) is 3.02. The number of nitrogens with zero attached hydrogens (tertiary/aromatic N) is 4. The predicted molar refractivity (Wildman–Crippen MR) is 115 cm³/mol. The molecule has 4 aromatic rings. The van der Waals surface area contributed by atoms with Gasteiger partial charge in [0.25, 0.3) is 5.91 Å². The number of thiazole rings is 2. The van der Waals surface area contributed by atoms with Crippen LogP contribution < -0.4 is 4.90 Å². The first-order valence-corrected chi connectivity index (χ1v) is 11.1. The highest BCUT2D eigenvalue weighted by Gasteiger charge is 2.24. The molecule has 3 heterocycles. The second kappa shape index (κ2) is 6.85. The van der Waals surface area contributed by atoms with Crippen LogP contribution in [0.5, 0.6) is 0 Å². The van der Waals surface area contributed by atoms with Gasteiger partial charge >= 0.3 is 0 Å². The molecular weight excluding hydrogens is 444 g/mol. The molecule has 136 valence electrons. The van der Waals surface area contributed by atoms with Gasteiger partial charge in [0.2, 0.25) is 0 Å². The molecule has 0 saturated carbocycles. The average molecular weight is 459 g/mol. The predicted octanol–water partition coefficient (Wildman–Crippen LogP) is 4.63. The van der Waals surface area contributed by atoms with Gasteiger partial charge in [-0.1, -0.05) is 27.3 Å². The first-order valence-electron chi connectivity index (χ1n) is 8.61. The van der Waals surface area contributed by atoms with Gasteiger partial charge in [-0.3, -0.25) is 4.79 Å². The minimum absolute atomic E-state index is 0.0955. The summed E-state index contributed by atoms with van der Waals surface area (Å²) in [5, 5.41) is 1.03. The van der Waals surface area contributed by atoms with Crippen molar-refractivity contribution in [2.45, 2.75) is 0 Å². The molecule has 8 heteroatoms. The maximum absolute atomic E-state index is 12.9. The molecule has 0 N–H and O–H groups in total. The number of carbonyl (C=O) groups is 1. The highest BCUT2D eigenvalue weighted by atomic mass is 79.9. The highest BCUT2D eigenvalue weighted by Crippen LogP contribution is 2.31. The number of hydrogen-bond donors (Lipinski definition) is 0. The van der Waals surface area contributed by atoms with Gasteiger partial charge in [-0.2, -0.15) is 0 Å². The first-order chi connectivity index (χ1) is 13.2. The molecule has 1 saturated heterocycles. The summed E-state index contributed by atoms with van der Waals surface area (Å²) in [7, 11) is 0. The Labute approximate surface area is 172 Å². The fraction of sp³-hybridized carbons (Fsp3) is 0.211.